The first-order chi connectivity index (χ1) is 11.1. The van der Waals surface area contributed by atoms with Gasteiger partial charge in [0.15, 0.2) is 5.96 Å². The molecule has 0 radical (unpaired) electrons. The summed E-state index contributed by atoms with van der Waals surface area (Å²) < 4.78 is 22.5. The Labute approximate surface area is 146 Å². The van der Waals surface area contributed by atoms with Crippen molar-refractivity contribution in [2.75, 3.05) is 39.7 Å². The van der Waals surface area contributed by atoms with Crippen LogP contribution in [0.5, 0.6) is 0 Å². The fourth-order valence-electron chi connectivity index (χ4n) is 3.14. The van der Waals surface area contributed by atoms with Crippen LogP contribution in [-0.2, 0) is 14.6 Å². The largest absolute Gasteiger partial charge is 0.355 e. The highest BCUT2D eigenvalue weighted by molar-refractivity contribution is 7.90. The Morgan fingerprint density at radius 1 is 1.29 bits per heavy atom. The first-order valence-electron chi connectivity index (χ1n) is 8.46. The minimum atomic E-state index is -2.97. The number of amides is 1. The van der Waals surface area contributed by atoms with Gasteiger partial charge in [-0.3, -0.25) is 9.79 Å². The Morgan fingerprint density at radius 2 is 1.88 bits per heavy atom. The van der Waals surface area contributed by atoms with E-state index in [0.717, 1.165) is 25.7 Å². The van der Waals surface area contributed by atoms with Gasteiger partial charge in [-0.25, -0.2) is 8.42 Å². The van der Waals surface area contributed by atoms with E-state index in [2.05, 4.69) is 15.6 Å². The van der Waals surface area contributed by atoms with Crippen molar-refractivity contribution in [3.8, 4) is 0 Å². The third kappa shape index (κ3) is 6.30. The zero-order valence-electron chi connectivity index (χ0n) is 15.6. The lowest BCUT2D eigenvalue weighted by molar-refractivity contribution is -0.138. The van der Waals surface area contributed by atoms with E-state index in [1.807, 2.05) is 6.92 Å². The van der Waals surface area contributed by atoms with Gasteiger partial charge >= 0.3 is 0 Å². The summed E-state index contributed by atoms with van der Waals surface area (Å²) in [5, 5.41) is 6.46. The zero-order chi connectivity index (χ0) is 18.4. The first kappa shape index (κ1) is 20.7. The highest BCUT2D eigenvalue weighted by Crippen LogP contribution is 2.38. The summed E-state index contributed by atoms with van der Waals surface area (Å²) in [6.07, 6.45) is 5.66. The SMILES string of the molecule is CN=C(NCC1(C(=O)N(C)C)CCCC1)NC(C)CCS(C)(=O)=O. The van der Waals surface area contributed by atoms with Crippen molar-refractivity contribution < 1.29 is 13.2 Å². The van der Waals surface area contributed by atoms with E-state index >= 15 is 0 Å². The lowest BCUT2D eigenvalue weighted by Crippen LogP contribution is -2.50. The highest BCUT2D eigenvalue weighted by atomic mass is 32.2. The number of carbonyl (C=O) groups excluding carboxylic acids is 1. The first-order valence-corrected chi connectivity index (χ1v) is 10.5. The molecule has 0 bridgehead atoms. The third-order valence-corrected chi connectivity index (χ3v) is 5.52. The quantitative estimate of drug-likeness (QED) is 0.513. The third-order valence-electron chi connectivity index (χ3n) is 4.54. The zero-order valence-corrected chi connectivity index (χ0v) is 16.4. The standard InChI is InChI=1S/C16H32N4O3S/c1-13(8-11-24(5,22)23)19-15(17-2)18-12-16(9-6-7-10-16)14(21)20(3)4/h13H,6-12H2,1-5H3,(H2,17,18,19). The molecule has 140 valence electrons. The maximum absolute atomic E-state index is 12.6. The average molecular weight is 361 g/mol. The number of carbonyl (C=O) groups is 1. The molecule has 1 atom stereocenters. The Hall–Kier alpha value is -1.31. The Morgan fingerprint density at radius 3 is 2.33 bits per heavy atom. The number of nitrogens with zero attached hydrogens (tertiary/aromatic N) is 2. The topological polar surface area (TPSA) is 90.9 Å². The summed E-state index contributed by atoms with van der Waals surface area (Å²) in [5.74, 6) is 0.906. The van der Waals surface area contributed by atoms with Crippen molar-refractivity contribution in [1.82, 2.24) is 15.5 Å². The number of rotatable bonds is 7. The summed E-state index contributed by atoms with van der Waals surface area (Å²) in [4.78, 5) is 18.4. The second-order valence-electron chi connectivity index (χ2n) is 7.08. The van der Waals surface area contributed by atoms with Crippen molar-refractivity contribution in [1.29, 1.82) is 0 Å². The van der Waals surface area contributed by atoms with Crippen LogP contribution in [0, 0.1) is 5.41 Å². The van der Waals surface area contributed by atoms with Gasteiger partial charge in [-0.15, -0.1) is 0 Å². The number of hydrogen-bond donors (Lipinski definition) is 2. The van der Waals surface area contributed by atoms with E-state index in [0.29, 0.717) is 18.9 Å². The molecule has 1 aliphatic rings. The van der Waals surface area contributed by atoms with E-state index in [1.165, 1.54) is 6.26 Å². The number of aliphatic imine (C=N–C) groups is 1. The van der Waals surface area contributed by atoms with Gasteiger partial charge in [-0.2, -0.15) is 0 Å². The summed E-state index contributed by atoms with van der Waals surface area (Å²) in [6.45, 7) is 2.47. The van der Waals surface area contributed by atoms with Crippen LogP contribution in [0.3, 0.4) is 0 Å². The van der Waals surface area contributed by atoms with Gasteiger partial charge in [-0.1, -0.05) is 12.8 Å². The average Bonchev–Trinajstić information content (AvgIpc) is 2.97. The van der Waals surface area contributed by atoms with Crippen LogP contribution in [0.1, 0.15) is 39.0 Å². The van der Waals surface area contributed by atoms with Gasteiger partial charge in [0.2, 0.25) is 5.91 Å². The van der Waals surface area contributed by atoms with Crippen molar-refractivity contribution in [2.45, 2.75) is 45.1 Å². The van der Waals surface area contributed by atoms with Crippen LogP contribution in [0.4, 0.5) is 0 Å². The van der Waals surface area contributed by atoms with Gasteiger partial charge in [0, 0.05) is 40.0 Å². The molecule has 1 rings (SSSR count). The Bertz CT molecular complexity index is 552. The molecule has 1 unspecified atom stereocenters. The second kappa shape index (κ2) is 8.69. The lowest BCUT2D eigenvalue weighted by Gasteiger charge is -2.31. The molecule has 1 saturated carbocycles. The molecule has 0 spiro atoms. The molecule has 0 aromatic rings. The van der Waals surface area contributed by atoms with E-state index in [1.54, 1.807) is 26.0 Å². The van der Waals surface area contributed by atoms with Crippen molar-refractivity contribution in [2.24, 2.45) is 10.4 Å². The minimum absolute atomic E-state index is 0.0185. The molecular weight excluding hydrogens is 328 g/mol. The fraction of sp³-hybridized carbons (Fsp3) is 0.875. The van der Waals surface area contributed by atoms with E-state index in [-0.39, 0.29) is 23.1 Å². The van der Waals surface area contributed by atoms with Crippen LogP contribution in [0.15, 0.2) is 4.99 Å². The number of hydrogen-bond acceptors (Lipinski definition) is 4. The second-order valence-corrected chi connectivity index (χ2v) is 9.34. The molecule has 1 fully saturated rings. The molecule has 1 aliphatic carbocycles. The van der Waals surface area contributed by atoms with E-state index < -0.39 is 9.84 Å². The summed E-state index contributed by atoms with van der Waals surface area (Å²) in [5.41, 5.74) is -0.364. The summed E-state index contributed by atoms with van der Waals surface area (Å²) in [6, 6.07) is -0.0185. The number of guanidine groups is 1. The molecule has 0 heterocycles. The summed E-state index contributed by atoms with van der Waals surface area (Å²) >= 11 is 0. The van der Waals surface area contributed by atoms with Crippen molar-refractivity contribution >= 4 is 21.7 Å². The maximum Gasteiger partial charge on any atom is 0.230 e. The summed E-state index contributed by atoms with van der Waals surface area (Å²) in [7, 11) is 2.29. The van der Waals surface area contributed by atoms with Gasteiger partial charge in [0.1, 0.15) is 9.84 Å². The molecule has 8 heteroatoms. The minimum Gasteiger partial charge on any atom is -0.355 e. The fourth-order valence-corrected chi connectivity index (χ4v) is 3.92. The molecule has 0 aromatic heterocycles. The van der Waals surface area contributed by atoms with Gasteiger partial charge < -0.3 is 15.5 Å². The number of nitrogens with one attached hydrogen (secondary N) is 2. The molecule has 24 heavy (non-hydrogen) atoms. The Balaban J connectivity index is 2.60. The predicted octanol–water partition coefficient (Wildman–Crippen LogP) is 0.623. The predicted molar refractivity (Wildman–Crippen MR) is 97.9 cm³/mol. The normalized spacial score (nSPS) is 19.0. The van der Waals surface area contributed by atoms with Crippen LogP contribution < -0.4 is 10.6 Å². The van der Waals surface area contributed by atoms with Gasteiger partial charge in [-0.05, 0) is 26.2 Å². The van der Waals surface area contributed by atoms with Crippen LogP contribution in [0.2, 0.25) is 0 Å². The molecule has 2 N–H and O–H groups in total. The molecule has 7 nitrogen and oxygen atoms in total. The van der Waals surface area contributed by atoms with Gasteiger partial charge in [0.25, 0.3) is 0 Å². The monoisotopic (exact) mass is 360 g/mol. The van der Waals surface area contributed by atoms with Crippen molar-refractivity contribution in [3.63, 3.8) is 0 Å². The van der Waals surface area contributed by atoms with Crippen LogP contribution in [0.25, 0.3) is 0 Å². The molecule has 0 saturated heterocycles. The Kier molecular flexibility index (Phi) is 7.51. The molecular formula is C16H32N4O3S. The molecule has 0 aliphatic heterocycles. The van der Waals surface area contributed by atoms with Crippen LogP contribution >= 0.6 is 0 Å². The van der Waals surface area contributed by atoms with E-state index in [4.69, 9.17) is 0 Å². The lowest BCUT2D eigenvalue weighted by atomic mass is 9.84. The molecule has 1 amide bonds. The number of sulfone groups is 1. The van der Waals surface area contributed by atoms with Gasteiger partial charge in [0.05, 0.1) is 11.2 Å². The smallest absolute Gasteiger partial charge is 0.230 e. The maximum atomic E-state index is 12.6. The highest BCUT2D eigenvalue weighted by Gasteiger charge is 2.42. The van der Waals surface area contributed by atoms with E-state index in [9.17, 15) is 13.2 Å². The van der Waals surface area contributed by atoms with Crippen LogP contribution in [-0.4, -0.2) is 70.9 Å². The molecule has 0 aromatic carbocycles. The van der Waals surface area contributed by atoms with Crippen molar-refractivity contribution in [3.05, 3.63) is 0 Å².